The zero-order chi connectivity index (χ0) is 12.0. The van der Waals surface area contributed by atoms with Gasteiger partial charge in [-0.3, -0.25) is 4.21 Å². The first-order valence-electron chi connectivity index (χ1n) is 5.16. The maximum atomic E-state index is 13.1. The summed E-state index contributed by atoms with van der Waals surface area (Å²) >= 11 is 0. The van der Waals surface area contributed by atoms with Crippen molar-refractivity contribution in [3.8, 4) is 0 Å². The Bertz CT molecular complexity index is 371. The van der Waals surface area contributed by atoms with Gasteiger partial charge in [-0.1, -0.05) is 0 Å². The summed E-state index contributed by atoms with van der Waals surface area (Å²) in [5, 5.41) is 0. The zero-order valence-corrected chi connectivity index (χ0v) is 10.1. The molecule has 0 aliphatic carbocycles. The third-order valence-electron chi connectivity index (χ3n) is 2.06. The van der Waals surface area contributed by atoms with Gasteiger partial charge in [-0.25, -0.2) is 4.39 Å². The summed E-state index contributed by atoms with van der Waals surface area (Å²) < 4.78 is 30.0. The fraction of sp³-hybridized carbons (Fsp3) is 0.455. The van der Waals surface area contributed by atoms with Gasteiger partial charge < -0.3 is 10.5 Å². The lowest BCUT2D eigenvalue weighted by atomic mass is 10.3. The Morgan fingerprint density at radius 2 is 2.25 bits per heavy atom. The molecule has 0 bridgehead atoms. The molecular weight excluding hydrogens is 229 g/mol. The van der Waals surface area contributed by atoms with E-state index in [9.17, 15) is 8.60 Å². The second-order valence-corrected chi connectivity index (χ2v) is 4.85. The molecule has 1 rings (SSSR count). The minimum atomic E-state index is -1.18. The summed E-state index contributed by atoms with van der Waals surface area (Å²) in [4.78, 5) is 0.475. The summed E-state index contributed by atoms with van der Waals surface area (Å²) in [5.41, 5.74) is 5.41. The van der Waals surface area contributed by atoms with Crippen molar-refractivity contribution in [3.63, 3.8) is 0 Å². The highest BCUT2D eigenvalue weighted by molar-refractivity contribution is 7.85. The van der Waals surface area contributed by atoms with Crippen molar-refractivity contribution in [2.75, 3.05) is 24.7 Å². The van der Waals surface area contributed by atoms with Gasteiger partial charge >= 0.3 is 0 Å². The third-order valence-corrected chi connectivity index (χ3v) is 3.50. The van der Waals surface area contributed by atoms with Crippen LogP contribution in [-0.4, -0.2) is 23.2 Å². The van der Waals surface area contributed by atoms with E-state index in [0.717, 1.165) is 0 Å². The molecule has 5 heteroatoms. The molecule has 1 aromatic rings. The molecule has 16 heavy (non-hydrogen) atoms. The van der Waals surface area contributed by atoms with Crippen molar-refractivity contribution in [1.82, 2.24) is 0 Å². The van der Waals surface area contributed by atoms with Crippen molar-refractivity contribution in [2.45, 2.75) is 18.2 Å². The predicted octanol–water partition coefficient (Wildman–Crippen LogP) is 1.94. The summed E-state index contributed by atoms with van der Waals surface area (Å²) in [7, 11) is -1.18. The maximum absolute atomic E-state index is 13.1. The van der Waals surface area contributed by atoms with E-state index in [0.29, 0.717) is 30.3 Å². The summed E-state index contributed by atoms with van der Waals surface area (Å²) in [5.74, 6) is -0.0424. The highest BCUT2D eigenvalue weighted by atomic mass is 32.2. The number of benzene rings is 1. The fourth-order valence-electron chi connectivity index (χ4n) is 1.20. The first kappa shape index (κ1) is 13.1. The summed E-state index contributed by atoms with van der Waals surface area (Å²) in [6, 6.07) is 4.26. The normalized spacial score (nSPS) is 12.6. The van der Waals surface area contributed by atoms with Crippen LogP contribution in [0.4, 0.5) is 10.1 Å². The lowest BCUT2D eigenvalue weighted by Crippen LogP contribution is -2.04. The van der Waals surface area contributed by atoms with Crippen LogP contribution >= 0.6 is 0 Å². The average molecular weight is 245 g/mol. The molecular formula is C11H16FNO2S. The molecule has 0 heterocycles. The molecule has 0 amide bonds. The number of anilines is 1. The van der Waals surface area contributed by atoms with Crippen molar-refractivity contribution in [3.05, 3.63) is 24.0 Å². The monoisotopic (exact) mass is 245 g/mol. The van der Waals surface area contributed by atoms with Gasteiger partial charge in [0.1, 0.15) is 5.82 Å². The zero-order valence-electron chi connectivity index (χ0n) is 9.24. The van der Waals surface area contributed by atoms with Crippen molar-refractivity contribution in [1.29, 1.82) is 0 Å². The third kappa shape index (κ3) is 3.90. The lowest BCUT2D eigenvalue weighted by molar-refractivity contribution is 0.149. The molecule has 0 spiro atoms. The van der Waals surface area contributed by atoms with Gasteiger partial charge in [0.15, 0.2) is 0 Å². The van der Waals surface area contributed by atoms with Crippen LogP contribution < -0.4 is 5.73 Å². The summed E-state index contributed by atoms with van der Waals surface area (Å²) in [6.07, 6.45) is 0.701. The van der Waals surface area contributed by atoms with E-state index in [-0.39, 0.29) is 5.69 Å². The van der Waals surface area contributed by atoms with Gasteiger partial charge in [0, 0.05) is 23.9 Å². The minimum Gasteiger partial charge on any atom is -0.396 e. The standard InChI is InChI=1S/C11H16FNO2S/c1-2-15-6-3-7-16(14)9-4-5-11(13)10(12)8-9/h4-5,8H,2-3,6-7,13H2,1H3. The fourth-order valence-corrected chi connectivity index (χ4v) is 2.27. The molecule has 1 unspecified atom stereocenters. The Morgan fingerprint density at radius 3 is 2.88 bits per heavy atom. The maximum Gasteiger partial charge on any atom is 0.147 e. The number of rotatable bonds is 6. The second kappa shape index (κ2) is 6.60. The topological polar surface area (TPSA) is 52.3 Å². The Kier molecular flexibility index (Phi) is 5.42. The number of hydrogen-bond donors (Lipinski definition) is 1. The number of hydrogen-bond acceptors (Lipinski definition) is 3. The van der Waals surface area contributed by atoms with Crippen LogP contribution in [0.3, 0.4) is 0 Å². The van der Waals surface area contributed by atoms with Gasteiger partial charge in [0.2, 0.25) is 0 Å². The smallest absolute Gasteiger partial charge is 0.147 e. The van der Waals surface area contributed by atoms with Crippen LogP contribution in [0.15, 0.2) is 23.1 Å². The van der Waals surface area contributed by atoms with E-state index in [1.165, 1.54) is 12.1 Å². The Balaban J connectivity index is 2.50. The SMILES string of the molecule is CCOCCCS(=O)c1ccc(N)c(F)c1. The molecule has 90 valence electrons. The number of halogens is 1. The molecule has 0 aromatic heterocycles. The second-order valence-electron chi connectivity index (χ2n) is 3.28. The predicted molar refractivity (Wildman–Crippen MR) is 63.2 cm³/mol. The van der Waals surface area contributed by atoms with Gasteiger partial charge in [-0.2, -0.15) is 0 Å². The molecule has 0 aliphatic heterocycles. The quantitative estimate of drug-likeness (QED) is 0.615. The Labute approximate surface area is 97.2 Å². The molecule has 0 saturated heterocycles. The van der Waals surface area contributed by atoms with Crippen molar-refractivity contribution in [2.24, 2.45) is 0 Å². The van der Waals surface area contributed by atoms with Gasteiger partial charge in [-0.05, 0) is 31.5 Å². The molecule has 0 radical (unpaired) electrons. The minimum absolute atomic E-state index is 0.0788. The van der Waals surface area contributed by atoms with E-state index in [4.69, 9.17) is 10.5 Å². The summed E-state index contributed by atoms with van der Waals surface area (Å²) in [6.45, 7) is 3.15. The molecule has 0 saturated carbocycles. The lowest BCUT2D eigenvalue weighted by Gasteiger charge is -2.04. The molecule has 0 fully saturated rings. The highest BCUT2D eigenvalue weighted by Gasteiger charge is 2.06. The van der Waals surface area contributed by atoms with Crippen LogP contribution in [0, 0.1) is 5.82 Å². The highest BCUT2D eigenvalue weighted by Crippen LogP contribution is 2.15. The van der Waals surface area contributed by atoms with Crippen LogP contribution in [0.25, 0.3) is 0 Å². The Morgan fingerprint density at radius 1 is 1.50 bits per heavy atom. The van der Waals surface area contributed by atoms with Crippen LogP contribution in [-0.2, 0) is 15.5 Å². The molecule has 2 N–H and O–H groups in total. The number of nitrogens with two attached hydrogens (primary N) is 1. The first-order chi connectivity index (χ1) is 7.65. The van der Waals surface area contributed by atoms with Gasteiger partial charge in [0.05, 0.1) is 16.5 Å². The van der Waals surface area contributed by atoms with Crippen molar-refractivity contribution < 1.29 is 13.3 Å². The van der Waals surface area contributed by atoms with Gasteiger partial charge in [-0.15, -0.1) is 0 Å². The number of ether oxygens (including phenoxy) is 1. The van der Waals surface area contributed by atoms with E-state index in [1.807, 2.05) is 6.92 Å². The first-order valence-corrected chi connectivity index (χ1v) is 6.48. The molecule has 0 aliphatic rings. The van der Waals surface area contributed by atoms with E-state index in [1.54, 1.807) is 6.07 Å². The van der Waals surface area contributed by atoms with Gasteiger partial charge in [0.25, 0.3) is 0 Å². The average Bonchev–Trinajstić information content (AvgIpc) is 2.28. The van der Waals surface area contributed by atoms with Crippen LogP contribution in [0.2, 0.25) is 0 Å². The largest absolute Gasteiger partial charge is 0.396 e. The van der Waals surface area contributed by atoms with Crippen molar-refractivity contribution >= 4 is 16.5 Å². The van der Waals surface area contributed by atoms with E-state index < -0.39 is 16.6 Å². The Hall–Kier alpha value is -0.940. The molecule has 1 aromatic carbocycles. The molecule has 3 nitrogen and oxygen atoms in total. The van der Waals surface area contributed by atoms with E-state index >= 15 is 0 Å². The van der Waals surface area contributed by atoms with Crippen LogP contribution in [0.1, 0.15) is 13.3 Å². The number of nitrogen functional groups attached to an aromatic ring is 1. The van der Waals surface area contributed by atoms with E-state index in [2.05, 4.69) is 0 Å². The van der Waals surface area contributed by atoms with Crippen LogP contribution in [0.5, 0.6) is 0 Å². The molecule has 1 atom stereocenters.